The molecule has 104 valence electrons. The van der Waals surface area contributed by atoms with Gasteiger partial charge in [-0.25, -0.2) is 8.42 Å². The summed E-state index contributed by atoms with van der Waals surface area (Å²) in [6.07, 6.45) is 0.515. The summed E-state index contributed by atoms with van der Waals surface area (Å²) in [5.74, 6) is 0.137. The number of sulfone groups is 1. The number of aryl methyl sites for hydroxylation is 1. The van der Waals surface area contributed by atoms with Crippen molar-refractivity contribution in [2.45, 2.75) is 13.3 Å². The Labute approximate surface area is 121 Å². The van der Waals surface area contributed by atoms with Crippen molar-refractivity contribution in [2.75, 3.05) is 24.6 Å². The quantitative estimate of drug-likeness (QED) is 0.782. The maximum atomic E-state index is 12.3. The lowest BCUT2D eigenvalue weighted by molar-refractivity contribution is 0.0768. The molecule has 4 nitrogen and oxygen atoms in total. The molecule has 0 unspecified atom stereocenters. The van der Waals surface area contributed by atoms with Gasteiger partial charge in [0.05, 0.1) is 11.5 Å². The second kappa shape index (κ2) is 5.63. The van der Waals surface area contributed by atoms with E-state index in [0.717, 1.165) is 10.0 Å². The molecule has 0 aliphatic carbocycles. The Morgan fingerprint density at radius 2 is 2.00 bits per heavy atom. The molecule has 0 radical (unpaired) electrons. The van der Waals surface area contributed by atoms with E-state index in [1.54, 1.807) is 17.0 Å². The predicted molar refractivity (Wildman–Crippen MR) is 78.1 cm³/mol. The summed E-state index contributed by atoms with van der Waals surface area (Å²) >= 11 is 3.41. The molecule has 0 aromatic heterocycles. The second-order valence-corrected chi connectivity index (χ2v) is 7.92. The fraction of sp³-hybridized carbons (Fsp3) is 0.462. The molecule has 1 saturated heterocycles. The lowest BCUT2D eigenvalue weighted by atomic mass is 10.1. The summed E-state index contributed by atoms with van der Waals surface area (Å²) in [7, 11) is -2.99. The predicted octanol–water partition coefficient (Wildman–Crippen LogP) is 2.02. The minimum absolute atomic E-state index is 0.0613. The molecule has 1 aromatic rings. The molecule has 1 aliphatic rings. The van der Waals surface area contributed by atoms with Gasteiger partial charge in [-0.05, 0) is 31.0 Å². The van der Waals surface area contributed by atoms with E-state index in [1.807, 2.05) is 13.0 Å². The summed E-state index contributed by atoms with van der Waals surface area (Å²) in [5.41, 5.74) is 1.66. The number of carbonyl (C=O) groups excluding carboxylic acids is 1. The van der Waals surface area contributed by atoms with E-state index in [0.29, 0.717) is 18.5 Å². The molecule has 0 atom stereocenters. The summed E-state index contributed by atoms with van der Waals surface area (Å²) in [6, 6.07) is 5.45. The normalized spacial score (nSPS) is 18.9. The molecule has 1 aromatic carbocycles. The highest BCUT2D eigenvalue weighted by Crippen LogP contribution is 2.19. The van der Waals surface area contributed by atoms with E-state index in [-0.39, 0.29) is 24.0 Å². The third kappa shape index (κ3) is 3.57. The highest BCUT2D eigenvalue weighted by atomic mass is 79.9. The molecule has 2 rings (SSSR count). The van der Waals surface area contributed by atoms with Gasteiger partial charge in [0, 0.05) is 23.1 Å². The van der Waals surface area contributed by atoms with Crippen LogP contribution in [0, 0.1) is 6.92 Å². The smallest absolute Gasteiger partial charge is 0.253 e. The average Bonchev–Trinajstić information content (AvgIpc) is 2.53. The molecule has 0 N–H and O–H groups in total. The molecule has 0 bridgehead atoms. The Bertz CT molecular complexity index is 598. The fourth-order valence-corrected chi connectivity index (χ4v) is 3.70. The molecule has 0 saturated carbocycles. The van der Waals surface area contributed by atoms with Crippen molar-refractivity contribution in [2.24, 2.45) is 0 Å². The Morgan fingerprint density at radius 3 is 2.68 bits per heavy atom. The van der Waals surface area contributed by atoms with Crippen molar-refractivity contribution >= 4 is 31.7 Å². The number of carbonyl (C=O) groups is 1. The number of rotatable bonds is 1. The first-order chi connectivity index (χ1) is 8.89. The van der Waals surface area contributed by atoms with Gasteiger partial charge in [-0.1, -0.05) is 22.0 Å². The minimum Gasteiger partial charge on any atom is -0.338 e. The first kappa shape index (κ1) is 14.5. The van der Waals surface area contributed by atoms with Crippen molar-refractivity contribution < 1.29 is 13.2 Å². The summed E-state index contributed by atoms with van der Waals surface area (Å²) in [4.78, 5) is 14.0. The molecule has 1 amide bonds. The largest absolute Gasteiger partial charge is 0.338 e. The van der Waals surface area contributed by atoms with Crippen LogP contribution in [0.2, 0.25) is 0 Å². The summed E-state index contributed by atoms with van der Waals surface area (Å²) in [6.45, 7) is 2.74. The third-order valence-corrected chi connectivity index (χ3v) is 5.83. The number of amides is 1. The lowest BCUT2D eigenvalue weighted by Crippen LogP contribution is -2.33. The standard InChI is InChI=1S/C13H16BrNO3S/c1-10-3-4-11(9-12(10)14)13(16)15-5-2-7-19(17,18)8-6-15/h3-4,9H,2,5-8H2,1H3. The van der Waals surface area contributed by atoms with Gasteiger partial charge in [0.2, 0.25) is 0 Å². The summed E-state index contributed by atoms with van der Waals surface area (Å²) < 4.78 is 23.9. The van der Waals surface area contributed by atoms with Crippen molar-refractivity contribution in [3.05, 3.63) is 33.8 Å². The highest BCUT2D eigenvalue weighted by Gasteiger charge is 2.23. The first-order valence-electron chi connectivity index (χ1n) is 6.15. The zero-order valence-corrected chi connectivity index (χ0v) is 13.1. The van der Waals surface area contributed by atoms with E-state index < -0.39 is 9.84 Å². The molecular formula is C13H16BrNO3S. The van der Waals surface area contributed by atoms with E-state index in [2.05, 4.69) is 15.9 Å². The van der Waals surface area contributed by atoms with E-state index in [4.69, 9.17) is 0 Å². The van der Waals surface area contributed by atoms with Crippen LogP contribution in [-0.2, 0) is 9.84 Å². The van der Waals surface area contributed by atoms with Gasteiger partial charge >= 0.3 is 0 Å². The fourth-order valence-electron chi connectivity index (χ4n) is 2.05. The van der Waals surface area contributed by atoms with Crippen LogP contribution in [0.25, 0.3) is 0 Å². The van der Waals surface area contributed by atoms with Gasteiger partial charge in [0.15, 0.2) is 9.84 Å². The Balaban J connectivity index is 2.17. The lowest BCUT2D eigenvalue weighted by Gasteiger charge is -2.20. The Hall–Kier alpha value is -0.880. The maximum Gasteiger partial charge on any atom is 0.253 e. The Kier molecular flexibility index (Phi) is 4.30. The van der Waals surface area contributed by atoms with Crippen molar-refractivity contribution in [3.8, 4) is 0 Å². The molecule has 1 heterocycles. The van der Waals surface area contributed by atoms with Gasteiger partial charge in [-0.15, -0.1) is 0 Å². The van der Waals surface area contributed by atoms with Crippen LogP contribution >= 0.6 is 15.9 Å². The minimum atomic E-state index is -2.99. The summed E-state index contributed by atoms with van der Waals surface area (Å²) in [5, 5.41) is 0. The van der Waals surface area contributed by atoms with Crippen molar-refractivity contribution in [1.29, 1.82) is 0 Å². The van der Waals surface area contributed by atoms with Crippen LogP contribution in [0.1, 0.15) is 22.3 Å². The number of benzene rings is 1. The maximum absolute atomic E-state index is 12.3. The molecule has 6 heteroatoms. The van der Waals surface area contributed by atoms with E-state index >= 15 is 0 Å². The number of hydrogen-bond acceptors (Lipinski definition) is 3. The third-order valence-electron chi connectivity index (χ3n) is 3.26. The topological polar surface area (TPSA) is 54.5 Å². The van der Waals surface area contributed by atoms with Gasteiger partial charge in [0.1, 0.15) is 0 Å². The number of hydrogen-bond donors (Lipinski definition) is 0. The SMILES string of the molecule is Cc1ccc(C(=O)N2CCCS(=O)(=O)CC2)cc1Br. The number of nitrogens with zero attached hydrogens (tertiary/aromatic N) is 1. The molecule has 19 heavy (non-hydrogen) atoms. The van der Waals surface area contributed by atoms with E-state index in [1.165, 1.54) is 0 Å². The van der Waals surface area contributed by atoms with Crippen LogP contribution < -0.4 is 0 Å². The second-order valence-electron chi connectivity index (χ2n) is 4.76. The zero-order valence-electron chi connectivity index (χ0n) is 10.7. The molecular weight excluding hydrogens is 330 g/mol. The van der Waals surface area contributed by atoms with Crippen LogP contribution in [0.5, 0.6) is 0 Å². The average molecular weight is 346 g/mol. The van der Waals surface area contributed by atoms with Crippen LogP contribution in [-0.4, -0.2) is 43.8 Å². The van der Waals surface area contributed by atoms with Crippen molar-refractivity contribution in [3.63, 3.8) is 0 Å². The number of halogens is 1. The van der Waals surface area contributed by atoms with E-state index in [9.17, 15) is 13.2 Å². The highest BCUT2D eigenvalue weighted by molar-refractivity contribution is 9.10. The molecule has 1 aliphatic heterocycles. The Morgan fingerprint density at radius 1 is 1.26 bits per heavy atom. The van der Waals surface area contributed by atoms with Crippen LogP contribution in [0.4, 0.5) is 0 Å². The van der Waals surface area contributed by atoms with Crippen molar-refractivity contribution in [1.82, 2.24) is 4.90 Å². The van der Waals surface area contributed by atoms with Crippen LogP contribution in [0.3, 0.4) is 0 Å². The molecule has 0 spiro atoms. The van der Waals surface area contributed by atoms with Gasteiger partial charge in [-0.2, -0.15) is 0 Å². The molecule has 1 fully saturated rings. The van der Waals surface area contributed by atoms with Crippen LogP contribution in [0.15, 0.2) is 22.7 Å². The van der Waals surface area contributed by atoms with Gasteiger partial charge in [-0.3, -0.25) is 4.79 Å². The monoisotopic (exact) mass is 345 g/mol. The first-order valence-corrected chi connectivity index (χ1v) is 8.76. The van der Waals surface area contributed by atoms with Gasteiger partial charge < -0.3 is 4.90 Å². The van der Waals surface area contributed by atoms with Gasteiger partial charge in [0.25, 0.3) is 5.91 Å². The zero-order chi connectivity index (χ0) is 14.0.